The summed E-state index contributed by atoms with van der Waals surface area (Å²) in [6.45, 7) is -0.415. The van der Waals surface area contributed by atoms with Crippen molar-refractivity contribution in [2.75, 3.05) is 12.3 Å². The van der Waals surface area contributed by atoms with E-state index in [1.807, 2.05) is 0 Å². The first-order valence-electron chi connectivity index (χ1n) is 4.40. The number of carbonyl (C=O) groups is 1. The van der Waals surface area contributed by atoms with Crippen LogP contribution < -0.4 is 11.1 Å². The summed E-state index contributed by atoms with van der Waals surface area (Å²) in [5.41, 5.74) is 5.80. The molecule has 8 heteroatoms. The summed E-state index contributed by atoms with van der Waals surface area (Å²) in [6.07, 6.45) is -5.33. The molecular weight excluding hydrogens is 243 g/mol. The molecule has 1 amide bonds. The maximum absolute atomic E-state index is 11.8. The number of carbonyl (C=O) groups excluding carboxylic acids is 1. The van der Waals surface area contributed by atoms with Gasteiger partial charge in [0.2, 0.25) is 5.91 Å². The highest BCUT2D eigenvalue weighted by Gasteiger charge is 2.26. The van der Waals surface area contributed by atoms with Gasteiger partial charge in [-0.3, -0.25) is 4.79 Å². The van der Waals surface area contributed by atoms with Crippen molar-refractivity contribution >= 4 is 22.4 Å². The molecule has 4 nitrogen and oxygen atoms in total. The maximum Gasteiger partial charge on any atom is 0.390 e. The first-order valence-corrected chi connectivity index (χ1v) is 5.28. The maximum atomic E-state index is 11.8. The fourth-order valence-electron chi connectivity index (χ4n) is 0.974. The third kappa shape index (κ3) is 4.96. The highest BCUT2D eigenvalue weighted by Crippen LogP contribution is 2.18. The molecule has 0 unspecified atom stereocenters. The number of rotatable bonds is 4. The van der Waals surface area contributed by atoms with E-state index in [1.54, 1.807) is 5.38 Å². The van der Waals surface area contributed by atoms with Crippen molar-refractivity contribution in [1.29, 1.82) is 0 Å². The Kier molecular flexibility index (Phi) is 4.11. The lowest BCUT2D eigenvalue weighted by Crippen LogP contribution is -2.29. The predicted molar refractivity (Wildman–Crippen MR) is 53.9 cm³/mol. The van der Waals surface area contributed by atoms with E-state index in [0.29, 0.717) is 10.8 Å². The van der Waals surface area contributed by atoms with E-state index in [2.05, 4.69) is 10.3 Å². The molecule has 0 fully saturated rings. The quantitative estimate of drug-likeness (QED) is 0.850. The van der Waals surface area contributed by atoms with Gasteiger partial charge >= 0.3 is 6.18 Å². The SMILES string of the molecule is Nc1nc(CC(=O)NCCC(F)(F)F)cs1. The summed E-state index contributed by atoms with van der Waals surface area (Å²) >= 11 is 1.18. The Labute approximate surface area is 93.7 Å². The van der Waals surface area contributed by atoms with Crippen molar-refractivity contribution in [1.82, 2.24) is 10.3 Å². The zero-order valence-corrected chi connectivity index (χ0v) is 8.99. The molecule has 0 aliphatic carbocycles. The zero-order valence-electron chi connectivity index (χ0n) is 8.17. The second-order valence-electron chi connectivity index (χ2n) is 3.07. The molecule has 0 saturated carbocycles. The minimum Gasteiger partial charge on any atom is -0.375 e. The number of halogens is 3. The standard InChI is InChI=1S/C8H10F3N3OS/c9-8(10,11)1-2-13-6(15)3-5-4-16-7(12)14-5/h4H,1-3H2,(H2,12,14)(H,13,15). The van der Waals surface area contributed by atoms with Crippen molar-refractivity contribution < 1.29 is 18.0 Å². The lowest BCUT2D eigenvalue weighted by Gasteiger charge is -2.06. The van der Waals surface area contributed by atoms with Gasteiger partial charge in [-0.05, 0) is 0 Å². The number of nitrogen functional groups attached to an aromatic ring is 1. The Morgan fingerprint density at radius 2 is 2.25 bits per heavy atom. The van der Waals surface area contributed by atoms with Crippen LogP contribution in [0.25, 0.3) is 0 Å². The summed E-state index contributed by atoms with van der Waals surface area (Å²) in [4.78, 5) is 15.0. The fraction of sp³-hybridized carbons (Fsp3) is 0.500. The molecule has 16 heavy (non-hydrogen) atoms. The van der Waals surface area contributed by atoms with Crippen LogP contribution in [0.15, 0.2) is 5.38 Å². The summed E-state index contributed by atoms with van der Waals surface area (Å²) in [5.74, 6) is -0.491. The highest BCUT2D eigenvalue weighted by atomic mass is 32.1. The topological polar surface area (TPSA) is 68.0 Å². The van der Waals surface area contributed by atoms with Gasteiger partial charge in [-0.1, -0.05) is 0 Å². The normalized spacial score (nSPS) is 11.4. The predicted octanol–water partition coefficient (Wildman–Crippen LogP) is 1.34. The third-order valence-electron chi connectivity index (χ3n) is 1.64. The van der Waals surface area contributed by atoms with Crippen LogP contribution in [0.2, 0.25) is 0 Å². The minimum atomic E-state index is -4.25. The highest BCUT2D eigenvalue weighted by molar-refractivity contribution is 7.13. The van der Waals surface area contributed by atoms with E-state index in [9.17, 15) is 18.0 Å². The second-order valence-corrected chi connectivity index (χ2v) is 3.96. The van der Waals surface area contributed by atoms with Gasteiger partial charge in [0.1, 0.15) is 0 Å². The third-order valence-corrected chi connectivity index (χ3v) is 2.36. The molecule has 0 bridgehead atoms. The van der Waals surface area contributed by atoms with E-state index < -0.39 is 25.0 Å². The lowest BCUT2D eigenvalue weighted by atomic mass is 10.3. The van der Waals surface area contributed by atoms with Crippen molar-refractivity contribution in [3.05, 3.63) is 11.1 Å². The summed E-state index contributed by atoms with van der Waals surface area (Å²) in [7, 11) is 0. The van der Waals surface area contributed by atoms with Crippen LogP contribution in [0, 0.1) is 0 Å². The van der Waals surface area contributed by atoms with Crippen molar-refractivity contribution in [3.63, 3.8) is 0 Å². The molecule has 0 spiro atoms. The summed E-state index contributed by atoms with van der Waals surface area (Å²) in [5, 5.41) is 4.09. The van der Waals surface area contributed by atoms with Crippen molar-refractivity contribution in [2.24, 2.45) is 0 Å². The number of hydrogen-bond acceptors (Lipinski definition) is 4. The minimum absolute atomic E-state index is 0.0500. The van der Waals surface area contributed by atoms with Gasteiger partial charge in [0.15, 0.2) is 5.13 Å². The van der Waals surface area contributed by atoms with Crippen LogP contribution >= 0.6 is 11.3 Å². The van der Waals surface area contributed by atoms with E-state index in [1.165, 1.54) is 11.3 Å². The molecule has 0 aliphatic rings. The molecule has 3 N–H and O–H groups in total. The average molecular weight is 253 g/mol. The Morgan fingerprint density at radius 1 is 1.56 bits per heavy atom. The van der Waals surface area contributed by atoms with Gasteiger partial charge < -0.3 is 11.1 Å². The summed E-state index contributed by atoms with van der Waals surface area (Å²) in [6, 6.07) is 0. The first-order chi connectivity index (χ1) is 7.37. The largest absolute Gasteiger partial charge is 0.390 e. The van der Waals surface area contributed by atoms with Crippen LogP contribution in [-0.2, 0) is 11.2 Å². The van der Waals surface area contributed by atoms with Crippen LogP contribution in [-0.4, -0.2) is 23.6 Å². The van der Waals surface area contributed by atoms with E-state index in [4.69, 9.17) is 5.73 Å². The van der Waals surface area contributed by atoms with E-state index >= 15 is 0 Å². The molecule has 0 saturated heterocycles. The number of amides is 1. The van der Waals surface area contributed by atoms with Crippen LogP contribution in [0.5, 0.6) is 0 Å². The van der Waals surface area contributed by atoms with Crippen molar-refractivity contribution in [3.8, 4) is 0 Å². The van der Waals surface area contributed by atoms with Gasteiger partial charge in [-0.25, -0.2) is 4.98 Å². The molecule has 90 valence electrons. The lowest BCUT2D eigenvalue weighted by molar-refractivity contribution is -0.135. The monoisotopic (exact) mass is 253 g/mol. The molecule has 0 aromatic carbocycles. The van der Waals surface area contributed by atoms with Gasteiger partial charge in [0, 0.05) is 11.9 Å². The molecule has 1 aromatic heterocycles. The molecule has 0 atom stereocenters. The van der Waals surface area contributed by atoms with Gasteiger partial charge in [0.05, 0.1) is 18.5 Å². The number of nitrogens with zero attached hydrogens (tertiary/aromatic N) is 1. The second kappa shape index (κ2) is 5.15. The fourth-order valence-corrected chi connectivity index (χ4v) is 1.54. The summed E-state index contributed by atoms with van der Waals surface area (Å²) < 4.78 is 35.3. The zero-order chi connectivity index (χ0) is 12.2. The number of nitrogens with two attached hydrogens (primary N) is 1. The van der Waals surface area contributed by atoms with Gasteiger partial charge in [-0.2, -0.15) is 13.2 Å². The van der Waals surface area contributed by atoms with Crippen LogP contribution in [0.4, 0.5) is 18.3 Å². The Bertz CT molecular complexity index is 364. The Balaban J connectivity index is 2.26. The van der Waals surface area contributed by atoms with Crippen molar-refractivity contribution in [2.45, 2.75) is 19.0 Å². The van der Waals surface area contributed by atoms with Gasteiger partial charge in [-0.15, -0.1) is 11.3 Å². The molecule has 1 rings (SSSR count). The number of nitrogens with one attached hydrogen (secondary N) is 1. The van der Waals surface area contributed by atoms with Crippen LogP contribution in [0.1, 0.15) is 12.1 Å². The number of hydrogen-bond donors (Lipinski definition) is 2. The number of anilines is 1. The van der Waals surface area contributed by atoms with E-state index in [0.717, 1.165) is 0 Å². The number of aromatic nitrogens is 1. The van der Waals surface area contributed by atoms with Crippen LogP contribution in [0.3, 0.4) is 0 Å². The first kappa shape index (κ1) is 12.8. The molecule has 0 aliphatic heterocycles. The number of alkyl halides is 3. The van der Waals surface area contributed by atoms with E-state index in [-0.39, 0.29) is 6.42 Å². The van der Waals surface area contributed by atoms with Gasteiger partial charge in [0.25, 0.3) is 0 Å². The molecule has 1 aromatic rings. The smallest absolute Gasteiger partial charge is 0.375 e. The number of thiazole rings is 1. The molecule has 0 radical (unpaired) electrons. The average Bonchev–Trinajstić information content (AvgIpc) is 2.48. The Hall–Kier alpha value is -1.31. The molecular formula is C8H10F3N3OS. The molecule has 1 heterocycles. The Morgan fingerprint density at radius 3 is 2.75 bits per heavy atom.